The predicted molar refractivity (Wildman–Crippen MR) is 112 cm³/mol. The van der Waals surface area contributed by atoms with E-state index in [1.54, 1.807) is 43.3 Å². The van der Waals surface area contributed by atoms with Crippen LogP contribution in [0.3, 0.4) is 0 Å². The van der Waals surface area contributed by atoms with Gasteiger partial charge in [-0.3, -0.25) is 9.69 Å². The number of hydrogen-bond donors (Lipinski definition) is 0. The average Bonchev–Trinajstić information content (AvgIpc) is 3.01. The van der Waals surface area contributed by atoms with Crippen molar-refractivity contribution in [2.24, 2.45) is 0 Å². The molecule has 5 nitrogen and oxygen atoms in total. The maximum Gasteiger partial charge on any atom is 0.351 e. The van der Waals surface area contributed by atoms with E-state index in [0.29, 0.717) is 12.1 Å². The predicted octanol–water partition coefficient (Wildman–Crippen LogP) is 4.58. The Labute approximate surface area is 180 Å². The van der Waals surface area contributed by atoms with Crippen molar-refractivity contribution in [2.75, 3.05) is 11.5 Å². The Morgan fingerprint density at radius 1 is 1.24 bits per heavy atom. The van der Waals surface area contributed by atoms with Crippen LogP contribution in [-0.4, -0.2) is 23.7 Å². The molecule has 0 bridgehead atoms. The zero-order valence-corrected chi connectivity index (χ0v) is 17.8. The molecule has 0 N–H and O–H groups in total. The minimum absolute atomic E-state index is 0.118. The molecule has 0 spiro atoms. The van der Waals surface area contributed by atoms with Crippen molar-refractivity contribution in [3.63, 3.8) is 0 Å². The van der Waals surface area contributed by atoms with Crippen LogP contribution in [0, 0.1) is 17.1 Å². The van der Waals surface area contributed by atoms with E-state index in [9.17, 15) is 19.2 Å². The largest absolute Gasteiger partial charge is 0.462 e. The second kappa shape index (κ2) is 9.25. The average molecular weight is 475 g/mol. The molecule has 8 heteroatoms. The van der Waals surface area contributed by atoms with Crippen molar-refractivity contribution in [2.45, 2.75) is 18.6 Å². The van der Waals surface area contributed by atoms with Gasteiger partial charge in [-0.1, -0.05) is 39.8 Å². The van der Waals surface area contributed by atoms with Gasteiger partial charge in [-0.25, -0.2) is 9.18 Å². The fourth-order valence-electron chi connectivity index (χ4n) is 2.83. The molecule has 1 fully saturated rings. The fourth-order valence-corrected chi connectivity index (χ4v) is 4.40. The van der Waals surface area contributed by atoms with Crippen LogP contribution in [-0.2, 0) is 20.7 Å². The Balaban J connectivity index is 2.02. The summed E-state index contributed by atoms with van der Waals surface area (Å²) in [6, 6.07) is 14.8. The van der Waals surface area contributed by atoms with Gasteiger partial charge in [0.2, 0.25) is 5.91 Å². The summed E-state index contributed by atoms with van der Waals surface area (Å²) in [5.41, 5.74) is 1.11. The summed E-state index contributed by atoms with van der Waals surface area (Å²) in [7, 11) is 0. The first-order valence-corrected chi connectivity index (χ1v) is 10.4. The number of thioether (sulfide) groups is 1. The lowest BCUT2D eigenvalue weighted by Gasteiger charge is -2.18. The van der Waals surface area contributed by atoms with Crippen LogP contribution in [0.5, 0.6) is 0 Å². The lowest BCUT2D eigenvalue weighted by atomic mass is 10.1. The Kier molecular flexibility index (Phi) is 6.72. The van der Waals surface area contributed by atoms with Crippen molar-refractivity contribution in [3.8, 4) is 6.07 Å². The molecule has 1 heterocycles. The van der Waals surface area contributed by atoms with Gasteiger partial charge in [0.1, 0.15) is 16.9 Å². The Hall–Kier alpha value is -2.63. The molecule has 29 heavy (non-hydrogen) atoms. The van der Waals surface area contributed by atoms with Crippen LogP contribution >= 0.6 is 27.7 Å². The lowest BCUT2D eigenvalue weighted by Crippen LogP contribution is -2.30. The number of halogens is 2. The summed E-state index contributed by atoms with van der Waals surface area (Å²) in [5, 5.41) is 9.26. The van der Waals surface area contributed by atoms with Crippen LogP contribution < -0.4 is 4.90 Å². The summed E-state index contributed by atoms with van der Waals surface area (Å²) >= 11 is 4.49. The van der Waals surface area contributed by atoms with Crippen molar-refractivity contribution in [3.05, 3.63) is 75.0 Å². The smallest absolute Gasteiger partial charge is 0.351 e. The number of anilines is 1. The third kappa shape index (κ3) is 4.69. The number of benzene rings is 2. The quantitative estimate of drug-likeness (QED) is 0.360. The molecule has 148 valence electrons. The van der Waals surface area contributed by atoms with E-state index in [2.05, 4.69) is 15.9 Å². The van der Waals surface area contributed by atoms with E-state index in [1.165, 1.54) is 17.0 Å². The third-order valence-corrected chi connectivity index (χ3v) is 5.97. The van der Waals surface area contributed by atoms with Gasteiger partial charge in [0.15, 0.2) is 5.57 Å². The molecule has 1 aliphatic heterocycles. The normalized spacial score (nSPS) is 17.8. The molecule has 0 aromatic heterocycles. The number of nitriles is 1. The highest BCUT2D eigenvalue weighted by atomic mass is 79.9. The standard InChI is InChI=1S/C21H16BrFN2O3S/c1-2-28-21(27)17(12-24)20-25(16-9-5-14(22)6-10-16)19(26)18(29-20)11-13-3-7-15(23)8-4-13/h3-10,18H,2,11H2,1H3/b20-17-/t18-/m0/s1. The topological polar surface area (TPSA) is 70.4 Å². The van der Waals surface area contributed by atoms with E-state index in [1.807, 2.05) is 6.07 Å². The fraction of sp³-hybridized carbons (Fsp3) is 0.190. The highest BCUT2D eigenvalue weighted by Gasteiger charge is 2.41. The van der Waals surface area contributed by atoms with Crippen LogP contribution in [0.25, 0.3) is 0 Å². The molecule has 1 amide bonds. The number of rotatable bonds is 5. The third-order valence-electron chi connectivity index (χ3n) is 4.18. The van der Waals surface area contributed by atoms with E-state index in [0.717, 1.165) is 21.8 Å². The highest BCUT2D eigenvalue weighted by Crippen LogP contribution is 2.42. The van der Waals surface area contributed by atoms with Crippen LogP contribution in [0.2, 0.25) is 0 Å². The maximum atomic E-state index is 13.2. The maximum absolute atomic E-state index is 13.2. The monoisotopic (exact) mass is 474 g/mol. The van der Waals surface area contributed by atoms with Gasteiger partial charge in [-0.2, -0.15) is 5.26 Å². The zero-order valence-electron chi connectivity index (χ0n) is 15.4. The van der Waals surface area contributed by atoms with Gasteiger partial charge in [0.25, 0.3) is 0 Å². The lowest BCUT2D eigenvalue weighted by molar-refractivity contribution is -0.138. The second-order valence-electron chi connectivity index (χ2n) is 6.10. The molecule has 2 aromatic carbocycles. The van der Waals surface area contributed by atoms with Crippen molar-refractivity contribution in [1.82, 2.24) is 0 Å². The summed E-state index contributed by atoms with van der Waals surface area (Å²) in [4.78, 5) is 26.9. The van der Waals surface area contributed by atoms with Crippen LogP contribution in [0.4, 0.5) is 10.1 Å². The summed E-state index contributed by atoms with van der Waals surface area (Å²) < 4.78 is 19.0. The molecule has 1 saturated heterocycles. The van der Waals surface area contributed by atoms with Gasteiger partial charge < -0.3 is 4.74 Å². The number of esters is 1. The number of ether oxygens (including phenoxy) is 1. The minimum Gasteiger partial charge on any atom is -0.462 e. The summed E-state index contributed by atoms with van der Waals surface area (Å²) in [5.74, 6) is -1.38. The molecule has 0 radical (unpaired) electrons. The van der Waals surface area contributed by atoms with E-state index in [4.69, 9.17) is 4.74 Å². The van der Waals surface area contributed by atoms with Crippen LogP contribution in [0.15, 0.2) is 63.6 Å². The summed E-state index contributed by atoms with van der Waals surface area (Å²) in [6.07, 6.45) is 0.335. The molecular formula is C21H16BrFN2O3S. The number of nitrogens with zero attached hydrogens (tertiary/aromatic N) is 2. The van der Waals surface area contributed by atoms with Gasteiger partial charge in [-0.15, -0.1) is 0 Å². The van der Waals surface area contributed by atoms with Crippen molar-refractivity contribution in [1.29, 1.82) is 5.26 Å². The number of carbonyl (C=O) groups excluding carboxylic acids is 2. The first-order chi connectivity index (χ1) is 13.9. The van der Waals surface area contributed by atoms with E-state index in [-0.39, 0.29) is 28.9 Å². The Bertz CT molecular complexity index is 1000. The first kappa shape index (κ1) is 21.1. The summed E-state index contributed by atoms with van der Waals surface area (Å²) in [6.45, 7) is 1.77. The second-order valence-corrected chi connectivity index (χ2v) is 8.21. The number of amides is 1. The van der Waals surface area contributed by atoms with Gasteiger partial charge in [0, 0.05) is 10.2 Å². The molecule has 3 rings (SSSR count). The van der Waals surface area contributed by atoms with Crippen molar-refractivity contribution < 1.29 is 18.7 Å². The molecule has 0 unspecified atom stereocenters. The van der Waals surface area contributed by atoms with E-state index >= 15 is 0 Å². The van der Waals surface area contributed by atoms with Crippen molar-refractivity contribution >= 4 is 45.3 Å². The number of carbonyl (C=O) groups is 2. The molecule has 1 aliphatic rings. The SMILES string of the molecule is CCOC(=O)/C(C#N)=C1\S[C@@H](Cc2ccc(F)cc2)C(=O)N1c1ccc(Br)cc1. The highest BCUT2D eigenvalue weighted by molar-refractivity contribution is 9.10. The molecule has 0 saturated carbocycles. The zero-order chi connectivity index (χ0) is 21.0. The molecule has 1 atom stereocenters. The van der Waals surface area contributed by atoms with Gasteiger partial charge >= 0.3 is 5.97 Å². The number of hydrogen-bond acceptors (Lipinski definition) is 5. The molecular weight excluding hydrogens is 459 g/mol. The molecule has 2 aromatic rings. The molecule has 0 aliphatic carbocycles. The van der Waals surface area contributed by atoms with E-state index < -0.39 is 11.2 Å². The Morgan fingerprint density at radius 3 is 2.48 bits per heavy atom. The van der Waals surface area contributed by atoms with Gasteiger partial charge in [0.05, 0.1) is 11.9 Å². The minimum atomic E-state index is -0.769. The Morgan fingerprint density at radius 2 is 1.90 bits per heavy atom. The first-order valence-electron chi connectivity index (χ1n) is 8.76. The van der Waals surface area contributed by atoms with Gasteiger partial charge in [-0.05, 0) is 55.3 Å². The van der Waals surface area contributed by atoms with Crippen LogP contribution in [0.1, 0.15) is 12.5 Å².